The van der Waals surface area contributed by atoms with Crippen molar-refractivity contribution in [3.8, 4) is 0 Å². The van der Waals surface area contributed by atoms with E-state index in [1.165, 1.54) is 12.8 Å². The molecule has 0 aliphatic heterocycles. The van der Waals surface area contributed by atoms with Gasteiger partial charge in [0.15, 0.2) is 0 Å². The van der Waals surface area contributed by atoms with Crippen LogP contribution in [0.1, 0.15) is 33.6 Å². The first kappa shape index (κ1) is 14.2. The second-order valence-corrected chi connectivity index (χ2v) is 4.68. The lowest BCUT2D eigenvalue weighted by Gasteiger charge is -2.23. The van der Waals surface area contributed by atoms with E-state index in [4.69, 9.17) is 0 Å². The molecule has 0 atom stereocenters. The summed E-state index contributed by atoms with van der Waals surface area (Å²) in [6.07, 6.45) is 4.19. The van der Waals surface area contributed by atoms with Crippen LogP contribution in [0.25, 0.3) is 0 Å². The first-order valence-corrected chi connectivity index (χ1v) is 7.03. The molecule has 0 fully saturated rings. The smallest absolute Gasteiger partial charge is 0.224 e. The minimum absolute atomic E-state index is 0.695. The summed E-state index contributed by atoms with van der Waals surface area (Å²) >= 11 is 3.52. The van der Waals surface area contributed by atoms with Crippen molar-refractivity contribution in [2.24, 2.45) is 0 Å². The fraction of sp³-hybridized carbons (Fsp3) is 0.667. The lowest BCUT2D eigenvalue weighted by molar-refractivity contribution is 0.721. The van der Waals surface area contributed by atoms with E-state index in [-0.39, 0.29) is 0 Å². The zero-order valence-corrected chi connectivity index (χ0v) is 12.4. The summed E-state index contributed by atoms with van der Waals surface area (Å²) in [5, 5.41) is 3.14. The van der Waals surface area contributed by atoms with Gasteiger partial charge < -0.3 is 10.2 Å². The van der Waals surface area contributed by atoms with Gasteiger partial charge in [0.25, 0.3) is 0 Å². The highest BCUT2D eigenvalue weighted by Gasteiger charge is 2.11. The molecule has 17 heavy (non-hydrogen) atoms. The third kappa shape index (κ3) is 4.15. The predicted octanol–water partition coefficient (Wildman–Crippen LogP) is 3.30. The summed E-state index contributed by atoms with van der Waals surface area (Å²) in [4.78, 5) is 11.0. The minimum atomic E-state index is 0.695. The molecule has 1 rings (SSSR count). The molecule has 0 saturated carbocycles. The zero-order chi connectivity index (χ0) is 12.7. The van der Waals surface area contributed by atoms with Crippen molar-refractivity contribution >= 4 is 27.7 Å². The van der Waals surface area contributed by atoms with Crippen molar-refractivity contribution in [3.05, 3.63) is 10.7 Å². The molecule has 0 amide bonds. The molecule has 0 spiro atoms. The van der Waals surface area contributed by atoms with Gasteiger partial charge in [-0.3, -0.25) is 0 Å². The van der Waals surface area contributed by atoms with Crippen LogP contribution in [-0.2, 0) is 0 Å². The van der Waals surface area contributed by atoms with E-state index in [1.54, 1.807) is 0 Å². The van der Waals surface area contributed by atoms with Gasteiger partial charge in [-0.15, -0.1) is 0 Å². The molecule has 0 unspecified atom stereocenters. The summed E-state index contributed by atoms with van der Waals surface area (Å²) in [6.45, 7) is 9.22. The van der Waals surface area contributed by atoms with Crippen LogP contribution < -0.4 is 10.2 Å². The molecule has 0 saturated heterocycles. The number of hydrogen-bond donors (Lipinski definition) is 1. The number of hydrogen-bond acceptors (Lipinski definition) is 4. The Morgan fingerprint density at radius 3 is 2.71 bits per heavy atom. The van der Waals surface area contributed by atoms with Gasteiger partial charge in [-0.1, -0.05) is 13.3 Å². The van der Waals surface area contributed by atoms with Crippen LogP contribution in [0.3, 0.4) is 0 Å². The van der Waals surface area contributed by atoms with Crippen molar-refractivity contribution in [1.82, 2.24) is 9.97 Å². The topological polar surface area (TPSA) is 41.1 Å². The van der Waals surface area contributed by atoms with Gasteiger partial charge in [0.1, 0.15) is 5.82 Å². The van der Waals surface area contributed by atoms with Crippen LogP contribution in [0.15, 0.2) is 10.7 Å². The van der Waals surface area contributed by atoms with Crippen LogP contribution in [0.4, 0.5) is 11.8 Å². The lowest BCUT2D eigenvalue weighted by atomic mass is 10.3. The molecular weight excluding hydrogens is 280 g/mol. The summed E-state index contributed by atoms with van der Waals surface area (Å²) in [5.74, 6) is 1.67. The van der Waals surface area contributed by atoms with E-state index in [1.807, 2.05) is 13.1 Å². The van der Waals surface area contributed by atoms with Crippen LogP contribution in [0, 0.1) is 0 Å². The monoisotopic (exact) mass is 300 g/mol. The summed E-state index contributed by atoms with van der Waals surface area (Å²) in [6, 6.07) is 0. The standard InChI is InChI=1S/C12H21BrN4/c1-4-7-8-17(6-3)11-10(13)9-15-12(16-11)14-5-2/h9H,4-8H2,1-3H3,(H,14,15,16). The number of nitrogens with one attached hydrogen (secondary N) is 1. The van der Waals surface area contributed by atoms with E-state index >= 15 is 0 Å². The highest BCUT2D eigenvalue weighted by molar-refractivity contribution is 9.10. The van der Waals surface area contributed by atoms with Crippen molar-refractivity contribution < 1.29 is 0 Å². The van der Waals surface area contributed by atoms with Gasteiger partial charge in [-0.2, -0.15) is 4.98 Å². The Labute approximate surface area is 112 Å². The van der Waals surface area contributed by atoms with Gasteiger partial charge in [-0.05, 0) is 36.2 Å². The molecule has 1 aromatic heterocycles. The number of aromatic nitrogens is 2. The number of unbranched alkanes of at least 4 members (excludes halogenated alkanes) is 1. The Kier molecular flexibility index (Phi) is 6.26. The van der Waals surface area contributed by atoms with Gasteiger partial charge in [0, 0.05) is 25.8 Å². The number of anilines is 2. The maximum Gasteiger partial charge on any atom is 0.224 e. The Bertz CT molecular complexity index is 343. The van der Waals surface area contributed by atoms with Crippen molar-refractivity contribution in [1.29, 1.82) is 0 Å². The van der Waals surface area contributed by atoms with Crippen molar-refractivity contribution in [2.75, 3.05) is 29.9 Å². The first-order valence-electron chi connectivity index (χ1n) is 6.24. The maximum atomic E-state index is 4.54. The highest BCUT2D eigenvalue weighted by Crippen LogP contribution is 2.24. The van der Waals surface area contributed by atoms with Gasteiger partial charge in [-0.25, -0.2) is 4.98 Å². The van der Waals surface area contributed by atoms with Crippen LogP contribution in [-0.4, -0.2) is 29.6 Å². The van der Waals surface area contributed by atoms with E-state index in [0.29, 0.717) is 5.95 Å². The number of nitrogens with zero attached hydrogens (tertiary/aromatic N) is 3. The van der Waals surface area contributed by atoms with E-state index in [2.05, 4.69) is 50.0 Å². The molecule has 1 heterocycles. The Hall–Kier alpha value is -0.840. The Balaban J connectivity index is 2.87. The number of rotatable bonds is 7. The first-order chi connectivity index (χ1) is 8.22. The fourth-order valence-corrected chi connectivity index (χ4v) is 2.03. The average Bonchev–Trinajstić information content (AvgIpc) is 2.34. The molecule has 0 bridgehead atoms. The van der Waals surface area contributed by atoms with E-state index in [9.17, 15) is 0 Å². The van der Waals surface area contributed by atoms with Crippen LogP contribution in [0.5, 0.6) is 0 Å². The molecule has 0 aliphatic rings. The third-order valence-electron chi connectivity index (χ3n) is 2.52. The van der Waals surface area contributed by atoms with Crippen molar-refractivity contribution in [2.45, 2.75) is 33.6 Å². The van der Waals surface area contributed by atoms with Gasteiger partial charge >= 0.3 is 0 Å². The van der Waals surface area contributed by atoms with Crippen molar-refractivity contribution in [3.63, 3.8) is 0 Å². The predicted molar refractivity (Wildman–Crippen MR) is 76.7 cm³/mol. The third-order valence-corrected chi connectivity index (χ3v) is 3.08. The molecule has 0 aromatic carbocycles. The van der Waals surface area contributed by atoms with Gasteiger partial charge in [0.2, 0.25) is 5.95 Å². The Morgan fingerprint density at radius 1 is 1.35 bits per heavy atom. The average molecular weight is 301 g/mol. The quantitative estimate of drug-likeness (QED) is 0.839. The highest BCUT2D eigenvalue weighted by atomic mass is 79.9. The normalized spacial score (nSPS) is 10.4. The SMILES string of the molecule is CCCCN(CC)c1nc(NCC)ncc1Br. The summed E-state index contributed by atoms with van der Waals surface area (Å²) < 4.78 is 0.956. The Morgan fingerprint density at radius 2 is 2.12 bits per heavy atom. The maximum absolute atomic E-state index is 4.54. The van der Waals surface area contributed by atoms with Crippen LogP contribution >= 0.6 is 15.9 Å². The second-order valence-electron chi connectivity index (χ2n) is 3.83. The molecule has 0 aliphatic carbocycles. The molecule has 4 nitrogen and oxygen atoms in total. The van der Waals surface area contributed by atoms with E-state index < -0.39 is 0 Å². The number of halogens is 1. The van der Waals surface area contributed by atoms with Crippen LogP contribution in [0.2, 0.25) is 0 Å². The molecule has 0 radical (unpaired) electrons. The summed E-state index contributed by atoms with van der Waals surface area (Å²) in [7, 11) is 0. The fourth-order valence-electron chi connectivity index (χ4n) is 1.59. The molecule has 5 heteroatoms. The minimum Gasteiger partial charge on any atom is -0.356 e. The molecule has 96 valence electrons. The molecular formula is C12H21BrN4. The summed E-state index contributed by atoms with van der Waals surface area (Å²) in [5.41, 5.74) is 0. The molecule has 1 aromatic rings. The van der Waals surface area contributed by atoms with E-state index in [0.717, 1.165) is 29.9 Å². The van der Waals surface area contributed by atoms with Gasteiger partial charge in [0.05, 0.1) is 4.47 Å². The molecule has 1 N–H and O–H groups in total. The second kappa shape index (κ2) is 7.48. The largest absolute Gasteiger partial charge is 0.356 e. The lowest BCUT2D eigenvalue weighted by Crippen LogP contribution is -2.25. The zero-order valence-electron chi connectivity index (χ0n) is 10.8.